The predicted molar refractivity (Wildman–Crippen MR) is 139 cm³/mol. The maximum atomic E-state index is 13.4. The number of nitrogens with one attached hydrogen (secondary N) is 2. The van der Waals surface area contributed by atoms with Gasteiger partial charge < -0.3 is 19.8 Å². The van der Waals surface area contributed by atoms with Crippen molar-refractivity contribution in [2.75, 3.05) is 5.32 Å². The standard InChI is InChI=1S/C28H25N3O5S/c1-18-5-2-6-19(15-18)17-31-24(27(33)29-16-22-7-3-13-35-22)25(36-28(31)34)20-9-11-21(12-10-20)30-26(32)23-8-4-14-37-23/h2-15,24-25H,16-17H2,1H3,(H,29,33)(H,30,32). The molecule has 2 aromatic heterocycles. The quantitative estimate of drug-likeness (QED) is 0.333. The Kier molecular flexibility index (Phi) is 7.04. The summed E-state index contributed by atoms with van der Waals surface area (Å²) in [6.45, 7) is 2.39. The minimum Gasteiger partial charge on any atom is -0.467 e. The molecule has 4 aromatic rings. The molecule has 1 saturated heterocycles. The maximum absolute atomic E-state index is 13.4. The SMILES string of the molecule is Cc1cccc(CN2C(=O)OC(c3ccc(NC(=O)c4cccs4)cc3)C2C(=O)NCc2ccco2)c1. The van der Waals surface area contributed by atoms with E-state index in [1.165, 1.54) is 22.5 Å². The number of furan rings is 1. The first kappa shape index (κ1) is 24.3. The summed E-state index contributed by atoms with van der Waals surface area (Å²) in [6, 6.07) is 20.9. The third-order valence-electron chi connectivity index (χ3n) is 6.05. The van der Waals surface area contributed by atoms with Crippen molar-refractivity contribution < 1.29 is 23.5 Å². The molecule has 1 fully saturated rings. The summed E-state index contributed by atoms with van der Waals surface area (Å²) < 4.78 is 11.1. The molecular formula is C28H25N3O5S. The van der Waals surface area contributed by atoms with Crippen LogP contribution in [0.3, 0.4) is 0 Å². The fraction of sp³-hybridized carbons (Fsp3) is 0.179. The fourth-order valence-corrected chi connectivity index (χ4v) is 4.88. The van der Waals surface area contributed by atoms with Crippen molar-refractivity contribution >= 4 is 34.9 Å². The Balaban J connectivity index is 1.37. The van der Waals surface area contributed by atoms with E-state index < -0.39 is 18.2 Å². The van der Waals surface area contributed by atoms with Gasteiger partial charge in [-0.25, -0.2) is 4.79 Å². The Bertz CT molecular complexity index is 1380. The lowest BCUT2D eigenvalue weighted by atomic mass is 10.00. The fourth-order valence-electron chi connectivity index (χ4n) is 4.27. The lowest BCUT2D eigenvalue weighted by molar-refractivity contribution is -0.126. The number of thiophene rings is 1. The van der Waals surface area contributed by atoms with Gasteiger partial charge in [-0.2, -0.15) is 0 Å². The molecule has 0 spiro atoms. The first-order valence-electron chi connectivity index (χ1n) is 11.8. The lowest BCUT2D eigenvalue weighted by Gasteiger charge is -2.24. The number of rotatable bonds is 8. The number of hydrogen-bond acceptors (Lipinski definition) is 6. The van der Waals surface area contributed by atoms with Crippen molar-refractivity contribution in [2.24, 2.45) is 0 Å². The number of aryl methyl sites for hydroxylation is 1. The number of ether oxygens (including phenoxy) is 1. The van der Waals surface area contributed by atoms with Gasteiger partial charge >= 0.3 is 6.09 Å². The van der Waals surface area contributed by atoms with Crippen molar-refractivity contribution in [1.29, 1.82) is 0 Å². The highest BCUT2D eigenvalue weighted by Crippen LogP contribution is 2.34. The highest BCUT2D eigenvalue weighted by Gasteiger charge is 2.47. The van der Waals surface area contributed by atoms with Crippen LogP contribution in [0.5, 0.6) is 0 Å². The largest absolute Gasteiger partial charge is 0.467 e. The van der Waals surface area contributed by atoms with Gasteiger partial charge in [0.25, 0.3) is 5.91 Å². The van der Waals surface area contributed by atoms with E-state index in [9.17, 15) is 14.4 Å². The van der Waals surface area contributed by atoms with Crippen LogP contribution in [0.4, 0.5) is 10.5 Å². The van der Waals surface area contributed by atoms with E-state index in [4.69, 9.17) is 9.15 Å². The molecule has 1 aliphatic heterocycles. The summed E-state index contributed by atoms with van der Waals surface area (Å²) in [5, 5.41) is 7.56. The summed E-state index contributed by atoms with van der Waals surface area (Å²) in [5.41, 5.74) is 3.20. The normalized spacial score (nSPS) is 16.9. The van der Waals surface area contributed by atoms with Crippen molar-refractivity contribution in [2.45, 2.75) is 32.2 Å². The van der Waals surface area contributed by atoms with Crippen LogP contribution in [-0.4, -0.2) is 28.8 Å². The predicted octanol–water partition coefficient (Wildman–Crippen LogP) is 5.28. The van der Waals surface area contributed by atoms with Gasteiger partial charge in [0.15, 0.2) is 12.1 Å². The van der Waals surface area contributed by atoms with Gasteiger partial charge in [-0.15, -0.1) is 11.3 Å². The minimum atomic E-state index is -0.894. The number of amides is 3. The topological polar surface area (TPSA) is 101 Å². The van der Waals surface area contributed by atoms with Crippen molar-refractivity contribution in [3.8, 4) is 0 Å². The third-order valence-corrected chi connectivity index (χ3v) is 6.92. The molecule has 2 aromatic carbocycles. The van der Waals surface area contributed by atoms with Gasteiger partial charge in [-0.05, 0) is 53.8 Å². The smallest absolute Gasteiger partial charge is 0.411 e. The summed E-state index contributed by atoms with van der Waals surface area (Å²) in [4.78, 5) is 40.8. The minimum absolute atomic E-state index is 0.190. The average molecular weight is 516 g/mol. The van der Waals surface area contributed by atoms with Crippen LogP contribution in [-0.2, 0) is 22.6 Å². The van der Waals surface area contributed by atoms with E-state index in [1.54, 1.807) is 42.5 Å². The Labute approximate surface area is 217 Å². The number of nitrogens with zero attached hydrogens (tertiary/aromatic N) is 1. The van der Waals surface area contributed by atoms with Gasteiger partial charge in [-0.1, -0.05) is 48.0 Å². The molecule has 2 atom stereocenters. The molecule has 3 heterocycles. The molecule has 0 aliphatic carbocycles. The molecule has 0 bridgehead atoms. The molecule has 1 aliphatic rings. The van der Waals surface area contributed by atoms with Crippen LogP contribution in [0.25, 0.3) is 0 Å². The second-order valence-electron chi connectivity index (χ2n) is 8.72. The molecule has 2 unspecified atom stereocenters. The van der Waals surface area contributed by atoms with Crippen LogP contribution < -0.4 is 10.6 Å². The van der Waals surface area contributed by atoms with E-state index in [-0.39, 0.29) is 24.9 Å². The number of benzene rings is 2. The molecule has 3 amide bonds. The number of anilines is 1. The Morgan fingerprint density at radius 3 is 2.57 bits per heavy atom. The van der Waals surface area contributed by atoms with Crippen LogP contribution in [0.2, 0.25) is 0 Å². The summed E-state index contributed by atoms with van der Waals surface area (Å²) >= 11 is 1.36. The Hall–Kier alpha value is -4.37. The molecule has 188 valence electrons. The molecule has 37 heavy (non-hydrogen) atoms. The van der Waals surface area contributed by atoms with Gasteiger partial charge in [0.1, 0.15) is 5.76 Å². The number of cyclic esters (lactones) is 1. The Morgan fingerprint density at radius 2 is 1.86 bits per heavy atom. The molecule has 0 saturated carbocycles. The molecule has 0 radical (unpaired) electrons. The van der Waals surface area contributed by atoms with Gasteiger partial charge in [0.2, 0.25) is 5.91 Å². The number of hydrogen-bond donors (Lipinski definition) is 2. The second-order valence-corrected chi connectivity index (χ2v) is 9.66. The number of carbonyl (C=O) groups is 3. The summed E-state index contributed by atoms with van der Waals surface area (Å²) in [5.74, 6) is 0.0516. The summed E-state index contributed by atoms with van der Waals surface area (Å²) in [7, 11) is 0. The molecule has 5 rings (SSSR count). The summed E-state index contributed by atoms with van der Waals surface area (Å²) in [6.07, 6.45) is 0.144. The van der Waals surface area contributed by atoms with Gasteiger partial charge in [0, 0.05) is 5.69 Å². The van der Waals surface area contributed by atoms with Crippen LogP contribution >= 0.6 is 11.3 Å². The van der Waals surface area contributed by atoms with E-state index in [0.29, 0.717) is 21.9 Å². The monoisotopic (exact) mass is 515 g/mol. The zero-order valence-corrected chi connectivity index (χ0v) is 20.9. The number of carbonyl (C=O) groups excluding carboxylic acids is 3. The molecule has 8 nitrogen and oxygen atoms in total. The second kappa shape index (κ2) is 10.7. The zero-order valence-electron chi connectivity index (χ0n) is 20.0. The first-order chi connectivity index (χ1) is 18.0. The van der Waals surface area contributed by atoms with Crippen LogP contribution in [0.15, 0.2) is 88.9 Å². The lowest BCUT2D eigenvalue weighted by Crippen LogP contribution is -2.46. The van der Waals surface area contributed by atoms with Gasteiger partial charge in [0.05, 0.1) is 24.2 Å². The van der Waals surface area contributed by atoms with Crippen molar-refractivity contribution in [1.82, 2.24) is 10.2 Å². The van der Waals surface area contributed by atoms with E-state index in [0.717, 1.165) is 11.1 Å². The van der Waals surface area contributed by atoms with Crippen molar-refractivity contribution in [3.63, 3.8) is 0 Å². The van der Waals surface area contributed by atoms with Crippen LogP contribution in [0, 0.1) is 6.92 Å². The van der Waals surface area contributed by atoms with Crippen molar-refractivity contribution in [3.05, 3.63) is 112 Å². The highest BCUT2D eigenvalue weighted by atomic mass is 32.1. The zero-order chi connectivity index (χ0) is 25.8. The first-order valence-corrected chi connectivity index (χ1v) is 12.6. The molecular weight excluding hydrogens is 490 g/mol. The van der Waals surface area contributed by atoms with Crippen LogP contribution in [0.1, 0.15) is 38.2 Å². The molecule has 9 heteroatoms. The van der Waals surface area contributed by atoms with E-state index >= 15 is 0 Å². The molecule has 2 N–H and O–H groups in total. The van der Waals surface area contributed by atoms with E-state index in [1.807, 2.05) is 42.6 Å². The van der Waals surface area contributed by atoms with E-state index in [2.05, 4.69) is 10.6 Å². The highest BCUT2D eigenvalue weighted by molar-refractivity contribution is 7.12. The maximum Gasteiger partial charge on any atom is 0.411 e. The average Bonchev–Trinajstić information content (AvgIpc) is 3.66. The third kappa shape index (κ3) is 5.57. The Morgan fingerprint density at radius 1 is 1.03 bits per heavy atom. The van der Waals surface area contributed by atoms with Gasteiger partial charge in [-0.3, -0.25) is 14.5 Å².